The molecular weight excluding hydrogens is 355 g/mol. The van der Waals surface area contributed by atoms with Crippen molar-refractivity contribution in [2.24, 2.45) is 0 Å². The van der Waals surface area contributed by atoms with Crippen molar-refractivity contribution in [3.05, 3.63) is 65.5 Å². The van der Waals surface area contributed by atoms with E-state index >= 15 is 0 Å². The molecule has 28 heavy (non-hydrogen) atoms. The zero-order valence-electron chi connectivity index (χ0n) is 16.3. The summed E-state index contributed by atoms with van der Waals surface area (Å²) in [5.41, 5.74) is 3.72. The van der Waals surface area contributed by atoms with E-state index in [9.17, 15) is 9.50 Å². The molecule has 4 nitrogen and oxygen atoms in total. The summed E-state index contributed by atoms with van der Waals surface area (Å²) in [5.74, 6) is -0.203. The van der Waals surface area contributed by atoms with E-state index in [1.165, 1.54) is 23.3 Å². The Hall–Kier alpha value is -1.95. The smallest absolute Gasteiger partial charge is 0.123 e. The maximum Gasteiger partial charge on any atom is 0.123 e. The van der Waals surface area contributed by atoms with Crippen molar-refractivity contribution in [1.82, 2.24) is 4.90 Å². The summed E-state index contributed by atoms with van der Waals surface area (Å²) in [6.45, 7) is 4.55. The Morgan fingerprint density at radius 3 is 2.57 bits per heavy atom. The molecule has 1 saturated heterocycles. The van der Waals surface area contributed by atoms with Crippen LogP contribution < -0.4 is 4.90 Å². The summed E-state index contributed by atoms with van der Waals surface area (Å²) in [4.78, 5) is 4.54. The van der Waals surface area contributed by atoms with Crippen LogP contribution in [0.1, 0.15) is 30.1 Å². The van der Waals surface area contributed by atoms with Gasteiger partial charge in [-0.3, -0.25) is 4.90 Å². The van der Waals surface area contributed by atoms with Crippen LogP contribution in [-0.2, 0) is 11.2 Å². The van der Waals surface area contributed by atoms with E-state index in [2.05, 4.69) is 34.1 Å². The molecule has 2 atom stereocenters. The summed E-state index contributed by atoms with van der Waals surface area (Å²) >= 11 is 0. The number of aryl methyl sites for hydroxylation is 1. The number of piperazine rings is 1. The molecule has 0 amide bonds. The van der Waals surface area contributed by atoms with Crippen LogP contribution in [0.15, 0.2) is 48.5 Å². The van der Waals surface area contributed by atoms with Crippen LogP contribution in [0, 0.1) is 5.82 Å². The number of rotatable bonds is 6. The van der Waals surface area contributed by atoms with E-state index < -0.39 is 6.10 Å². The Morgan fingerprint density at radius 2 is 1.79 bits per heavy atom. The Morgan fingerprint density at radius 1 is 1.04 bits per heavy atom. The summed E-state index contributed by atoms with van der Waals surface area (Å²) in [6, 6.07) is 15.2. The number of aliphatic hydroxyl groups is 1. The van der Waals surface area contributed by atoms with E-state index in [1.807, 2.05) is 12.1 Å². The van der Waals surface area contributed by atoms with Gasteiger partial charge in [0, 0.05) is 38.4 Å². The van der Waals surface area contributed by atoms with Crippen LogP contribution in [0.2, 0.25) is 0 Å². The third-order valence-electron chi connectivity index (χ3n) is 5.84. The average molecular weight is 384 g/mol. The van der Waals surface area contributed by atoms with Crippen LogP contribution in [0.5, 0.6) is 0 Å². The van der Waals surface area contributed by atoms with Crippen molar-refractivity contribution >= 4 is 5.69 Å². The lowest BCUT2D eigenvalue weighted by Gasteiger charge is -2.37. The number of fused-ring (bicyclic) bond motifs is 1. The normalized spacial score (nSPS) is 21.4. The second-order valence-corrected chi connectivity index (χ2v) is 7.83. The first-order valence-electron chi connectivity index (χ1n) is 10.3. The maximum absolute atomic E-state index is 13.1. The Balaban J connectivity index is 1.22. The zero-order valence-corrected chi connectivity index (χ0v) is 16.3. The van der Waals surface area contributed by atoms with E-state index in [-0.39, 0.29) is 11.9 Å². The first-order valence-corrected chi connectivity index (χ1v) is 10.3. The van der Waals surface area contributed by atoms with Crippen molar-refractivity contribution < 1.29 is 14.2 Å². The number of hydrogen-bond acceptors (Lipinski definition) is 4. The molecule has 1 aliphatic carbocycles. The number of anilines is 1. The van der Waals surface area contributed by atoms with Gasteiger partial charge >= 0.3 is 0 Å². The number of halogens is 1. The Labute approximate surface area is 166 Å². The van der Waals surface area contributed by atoms with Gasteiger partial charge in [0.25, 0.3) is 0 Å². The molecule has 1 N–H and O–H groups in total. The highest BCUT2D eigenvalue weighted by molar-refractivity contribution is 5.46. The van der Waals surface area contributed by atoms with E-state index in [0.29, 0.717) is 13.2 Å². The van der Waals surface area contributed by atoms with Crippen molar-refractivity contribution in [1.29, 1.82) is 0 Å². The summed E-state index contributed by atoms with van der Waals surface area (Å²) in [7, 11) is 0. The average Bonchev–Trinajstić information content (AvgIpc) is 2.73. The zero-order chi connectivity index (χ0) is 19.3. The van der Waals surface area contributed by atoms with Gasteiger partial charge in [-0.15, -0.1) is 0 Å². The molecule has 5 heteroatoms. The molecule has 0 bridgehead atoms. The molecule has 2 aromatic rings. The molecule has 0 saturated carbocycles. The van der Waals surface area contributed by atoms with Gasteiger partial charge in [-0.05, 0) is 54.7 Å². The molecule has 0 spiro atoms. The van der Waals surface area contributed by atoms with Gasteiger partial charge in [0.15, 0.2) is 0 Å². The summed E-state index contributed by atoms with van der Waals surface area (Å²) in [5, 5.41) is 10.5. The van der Waals surface area contributed by atoms with E-state index in [4.69, 9.17) is 4.74 Å². The molecule has 0 unspecified atom stereocenters. The van der Waals surface area contributed by atoms with Crippen molar-refractivity contribution in [2.45, 2.75) is 31.5 Å². The van der Waals surface area contributed by atoms with Gasteiger partial charge in [-0.1, -0.05) is 24.3 Å². The molecule has 1 fully saturated rings. The third kappa shape index (κ3) is 4.72. The lowest BCUT2D eigenvalue weighted by Crippen LogP contribution is -2.49. The number of hydrogen-bond donors (Lipinski definition) is 1. The topological polar surface area (TPSA) is 35.9 Å². The van der Waals surface area contributed by atoms with Gasteiger partial charge in [0.05, 0.1) is 18.8 Å². The van der Waals surface area contributed by atoms with Crippen LogP contribution in [-0.4, -0.2) is 55.4 Å². The molecular formula is C23H29FN2O2. The fourth-order valence-electron chi connectivity index (χ4n) is 4.30. The Bertz CT molecular complexity index is 759. The number of β-amino-alcohol motifs (C(OH)–C–C–N with tert-alkyl or cyclic N) is 1. The van der Waals surface area contributed by atoms with Gasteiger partial charge in [0.2, 0.25) is 0 Å². The molecule has 1 aliphatic heterocycles. The van der Waals surface area contributed by atoms with E-state index in [0.717, 1.165) is 51.1 Å². The molecule has 150 valence electrons. The van der Waals surface area contributed by atoms with Crippen LogP contribution in [0.3, 0.4) is 0 Å². The fraction of sp³-hybridized carbons (Fsp3) is 0.478. The van der Waals surface area contributed by atoms with Crippen molar-refractivity contribution in [3.63, 3.8) is 0 Å². The minimum Gasteiger partial charge on any atom is -0.389 e. The van der Waals surface area contributed by atoms with Crippen LogP contribution in [0.25, 0.3) is 0 Å². The second-order valence-electron chi connectivity index (χ2n) is 7.83. The second kappa shape index (κ2) is 9.03. The van der Waals surface area contributed by atoms with Gasteiger partial charge in [-0.2, -0.15) is 0 Å². The molecule has 0 aromatic heterocycles. The van der Waals surface area contributed by atoms with E-state index in [1.54, 1.807) is 0 Å². The first kappa shape index (κ1) is 19.4. The number of benzene rings is 2. The lowest BCUT2D eigenvalue weighted by atomic mass is 9.89. The third-order valence-corrected chi connectivity index (χ3v) is 5.84. The monoisotopic (exact) mass is 384 g/mol. The SMILES string of the molecule is O[C@H](CO[C@H]1CCCc2ccccc21)CN1CCN(c2ccc(F)cc2)CC1. The number of aliphatic hydroxyl groups excluding tert-OH is 1. The predicted octanol–water partition coefficient (Wildman–Crippen LogP) is 3.40. The molecule has 0 radical (unpaired) electrons. The summed E-state index contributed by atoms with van der Waals surface area (Å²) in [6.07, 6.45) is 2.92. The van der Waals surface area contributed by atoms with Crippen LogP contribution >= 0.6 is 0 Å². The quantitative estimate of drug-likeness (QED) is 0.828. The largest absolute Gasteiger partial charge is 0.389 e. The van der Waals surface area contributed by atoms with Crippen molar-refractivity contribution in [2.75, 3.05) is 44.2 Å². The maximum atomic E-state index is 13.1. The minimum atomic E-state index is -0.480. The highest BCUT2D eigenvalue weighted by Crippen LogP contribution is 2.32. The van der Waals surface area contributed by atoms with Crippen molar-refractivity contribution in [3.8, 4) is 0 Å². The molecule has 2 aromatic carbocycles. The summed E-state index contributed by atoms with van der Waals surface area (Å²) < 4.78 is 19.2. The number of nitrogens with zero attached hydrogens (tertiary/aromatic N) is 2. The molecule has 1 heterocycles. The first-order chi connectivity index (χ1) is 13.7. The van der Waals surface area contributed by atoms with Gasteiger partial charge < -0.3 is 14.7 Å². The number of ether oxygens (including phenoxy) is 1. The lowest BCUT2D eigenvalue weighted by molar-refractivity contribution is -0.0285. The molecule has 4 rings (SSSR count). The standard InChI is InChI=1S/C23H29FN2O2/c24-19-8-10-20(11-9-19)26-14-12-25(13-15-26)16-21(27)17-28-23-7-3-5-18-4-1-2-6-22(18)23/h1-2,4,6,8-11,21,23,27H,3,5,7,12-17H2/t21-,23-/m0/s1. The highest BCUT2D eigenvalue weighted by Gasteiger charge is 2.23. The highest BCUT2D eigenvalue weighted by atomic mass is 19.1. The van der Waals surface area contributed by atoms with Gasteiger partial charge in [0.1, 0.15) is 5.82 Å². The Kier molecular flexibility index (Phi) is 6.25. The predicted molar refractivity (Wildman–Crippen MR) is 109 cm³/mol. The minimum absolute atomic E-state index is 0.106. The fourth-order valence-corrected chi connectivity index (χ4v) is 4.30. The van der Waals surface area contributed by atoms with Gasteiger partial charge in [-0.25, -0.2) is 4.39 Å². The van der Waals surface area contributed by atoms with Crippen LogP contribution in [0.4, 0.5) is 10.1 Å². The molecule has 2 aliphatic rings.